The highest BCUT2D eigenvalue weighted by molar-refractivity contribution is 6.36. The third-order valence-corrected chi connectivity index (χ3v) is 15.1. The minimum Gasteiger partial charge on any atom is -0.310 e. The van der Waals surface area contributed by atoms with Crippen LogP contribution in [0.3, 0.4) is 0 Å². The highest BCUT2D eigenvalue weighted by atomic mass is 15.1. The second-order valence-electron chi connectivity index (χ2n) is 19.5. The lowest BCUT2D eigenvalue weighted by atomic mass is 9.76. The summed E-state index contributed by atoms with van der Waals surface area (Å²) in [5, 5.41) is 11.9. The Morgan fingerprint density at radius 2 is 0.487 bits per heavy atom. The van der Waals surface area contributed by atoms with E-state index in [1.54, 1.807) is 0 Å². The van der Waals surface area contributed by atoms with Gasteiger partial charge in [0.2, 0.25) is 0 Å². The molecule has 0 aromatic heterocycles. The van der Waals surface area contributed by atoms with E-state index in [-0.39, 0.29) is 0 Å². The maximum absolute atomic E-state index is 2.48. The molecule has 14 aromatic carbocycles. The van der Waals surface area contributed by atoms with Crippen LogP contribution in [-0.4, -0.2) is 0 Å². The molecule has 76 heavy (non-hydrogen) atoms. The van der Waals surface area contributed by atoms with Crippen LogP contribution in [-0.2, 0) is 0 Å². The maximum atomic E-state index is 2.48. The van der Waals surface area contributed by atoms with Gasteiger partial charge in [0.25, 0.3) is 0 Å². The van der Waals surface area contributed by atoms with E-state index in [2.05, 4.69) is 313 Å². The number of fused-ring (bicyclic) bond motifs is 8. The summed E-state index contributed by atoms with van der Waals surface area (Å²) >= 11 is 0. The molecule has 0 radical (unpaired) electrons. The minimum atomic E-state index is 1.08. The Kier molecular flexibility index (Phi) is 11.2. The molecule has 0 amide bonds. The summed E-state index contributed by atoms with van der Waals surface area (Å²) in [5.74, 6) is 0. The maximum Gasteiger partial charge on any atom is 0.0540 e. The van der Waals surface area contributed by atoms with Crippen LogP contribution >= 0.6 is 0 Å². The molecule has 0 bridgehead atoms. The largest absolute Gasteiger partial charge is 0.310 e. The fraction of sp³-hybridized carbons (Fsp3) is 0. The molecule has 0 aliphatic rings. The minimum absolute atomic E-state index is 1.08. The van der Waals surface area contributed by atoms with E-state index in [9.17, 15) is 0 Å². The third kappa shape index (κ3) is 7.66. The number of hydrogen-bond donors (Lipinski definition) is 0. The van der Waals surface area contributed by atoms with Crippen LogP contribution in [0, 0.1) is 0 Å². The van der Waals surface area contributed by atoms with Crippen molar-refractivity contribution in [2.45, 2.75) is 0 Å². The average molecular weight is 967 g/mol. The van der Waals surface area contributed by atoms with Gasteiger partial charge in [-0.3, -0.25) is 0 Å². The Labute approximate surface area is 443 Å². The molecule has 2 heteroatoms. The summed E-state index contributed by atoms with van der Waals surface area (Å²) in [6.07, 6.45) is 0. The molecule has 14 rings (SSSR count). The molecule has 2 nitrogen and oxygen atoms in total. The third-order valence-electron chi connectivity index (χ3n) is 15.1. The number of nitrogens with zero attached hydrogens (tertiary/aromatic N) is 2. The van der Waals surface area contributed by atoms with Gasteiger partial charge in [0, 0.05) is 33.5 Å². The molecule has 14 aromatic rings. The van der Waals surface area contributed by atoms with Crippen molar-refractivity contribution in [3.63, 3.8) is 0 Å². The van der Waals surface area contributed by atoms with Gasteiger partial charge in [0.1, 0.15) is 0 Å². The average Bonchev–Trinajstić information content (AvgIpc) is 3.68. The van der Waals surface area contributed by atoms with Crippen molar-refractivity contribution < 1.29 is 0 Å². The van der Waals surface area contributed by atoms with Gasteiger partial charge in [-0.15, -0.1) is 0 Å². The number of anilines is 6. The lowest BCUT2D eigenvalue weighted by molar-refractivity contribution is 1.30. The van der Waals surface area contributed by atoms with E-state index in [4.69, 9.17) is 0 Å². The summed E-state index contributed by atoms with van der Waals surface area (Å²) in [6, 6.07) is 111. The van der Waals surface area contributed by atoms with Gasteiger partial charge in [-0.1, -0.05) is 243 Å². The Balaban J connectivity index is 1.21. The molecule has 0 spiro atoms. The molecule has 356 valence electrons. The first kappa shape index (κ1) is 44.7. The van der Waals surface area contributed by atoms with Crippen molar-refractivity contribution >= 4 is 88.0 Å². The second-order valence-corrected chi connectivity index (χ2v) is 19.5. The van der Waals surface area contributed by atoms with Crippen molar-refractivity contribution in [3.8, 4) is 44.5 Å². The zero-order valence-electron chi connectivity index (χ0n) is 41.8. The fourth-order valence-electron chi connectivity index (χ4n) is 11.9. The molecule has 0 aliphatic heterocycles. The molecular formula is C74H50N2. The van der Waals surface area contributed by atoms with E-state index >= 15 is 0 Å². The van der Waals surface area contributed by atoms with Crippen LogP contribution in [0.5, 0.6) is 0 Å². The molecule has 0 heterocycles. The lowest BCUT2D eigenvalue weighted by Crippen LogP contribution is -2.11. The fourth-order valence-corrected chi connectivity index (χ4v) is 11.9. The first-order chi connectivity index (χ1) is 37.8. The molecule has 0 fully saturated rings. The van der Waals surface area contributed by atoms with Crippen molar-refractivity contribution in [2.24, 2.45) is 0 Å². The van der Waals surface area contributed by atoms with Crippen LogP contribution in [0.1, 0.15) is 0 Å². The molecule has 0 atom stereocenters. The lowest BCUT2D eigenvalue weighted by Gasteiger charge is -2.30. The van der Waals surface area contributed by atoms with Crippen molar-refractivity contribution in [3.05, 3.63) is 303 Å². The molecule has 0 N–H and O–H groups in total. The van der Waals surface area contributed by atoms with Gasteiger partial charge < -0.3 is 9.80 Å². The zero-order chi connectivity index (χ0) is 50.4. The van der Waals surface area contributed by atoms with E-state index in [0.717, 1.165) is 56.4 Å². The van der Waals surface area contributed by atoms with E-state index in [1.807, 2.05) is 0 Å². The number of rotatable bonds is 10. The predicted octanol–water partition coefficient (Wildman–Crippen LogP) is 21.1. The molecular weight excluding hydrogens is 917 g/mol. The van der Waals surface area contributed by atoms with Crippen LogP contribution < -0.4 is 9.80 Å². The van der Waals surface area contributed by atoms with Crippen LogP contribution in [0.4, 0.5) is 34.1 Å². The topological polar surface area (TPSA) is 6.48 Å². The van der Waals surface area contributed by atoms with E-state index < -0.39 is 0 Å². The smallest absolute Gasteiger partial charge is 0.0540 e. The van der Waals surface area contributed by atoms with Crippen molar-refractivity contribution in [1.29, 1.82) is 0 Å². The first-order valence-electron chi connectivity index (χ1n) is 26.2. The van der Waals surface area contributed by atoms with Crippen LogP contribution in [0.15, 0.2) is 303 Å². The Morgan fingerprint density at radius 1 is 0.184 bits per heavy atom. The van der Waals surface area contributed by atoms with Gasteiger partial charge >= 0.3 is 0 Å². The van der Waals surface area contributed by atoms with Crippen LogP contribution in [0.2, 0.25) is 0 Å². The summed E-state index contributed by atoms with van der Waals surface area (Å²) in [6.45, 7) is 0. The van der Waals surface area contributed by atoms with Crippen molar-refractivity contribution in [1.82, 2.24) is 0 Å². The molecule has 0 saturated carbocycles. The Hall–Kier alpha value is -10.0. The normalized spacial score (nSPS) is 11.4. The van der Waals surface area contributed by atoms with Crippen molar-refractivity contribution in [2.75, 3.05) is 9.80 Å². The summed E-state index contributed by atoms with van der Waals surface area (Å²) < 4.78 is 0. The zero-order valence-corrected chi connectivity index (χ0v) is 41.8. The SMILES string of the molecule is c1ccc(-c2c(-c3ccccc3)c(-c3ccccc3)c3c4cc(N(c5ccccc5)c5cccc6ccccc56)ccc4c4ccc(N(c5ccccc5)c5cccc6ccccc56)cc4c3c2-c2ccccc2)cc1. The summed E-state index contributed by atoms with van der Waals surface area (Å²) in [4.78, 5) is 4.89. The quantitative estimate of drug-likeness (QED) is 0.126. The Bertz CT molecular complexity index is 4130. The summed E-state index contributed by atoms with van der Waals surface area (Å²) in [5.41, 5.74) is 16.0. The molecule has 0 unspecified atom stereocenters. The van der Waals surface area contributed by atoms with E-state index in [0.29, 0.717) is 0 Å². The standard InChI is InChI=1S/C74H50N2/c1-7-27-53(28-8-1)69-70(54-29-9-2-10-30-54)72(56-33-13-4-14-34-56)74-66-50-60(76(58-39-17-6-18-40-58)68-44-24-36-52-26-20-22-42-62(52)68)46-48-64(66)63-47-45-59(49-65(63)73(74)71(69)55-31-11-3-12-32-55)75(57-37-15-5-16-38-57)67-43-23-35-51-25-19-21-41-61(51)67/h1-50H. The molecule has 0 aliphatic carbocycles. The number of para-hydroxylation sites is 2. The number of benzene rings is 14. The first-order valence-corrected chi connectivity index (χ1v) is 26.2. The van der Waals surface area contributed by atoms with Crippen LogP contribution in [0.25, 0.3) is 98.4 Å². The number of hydrogen-bond acceptors (Lipinski definition) is 2. The second kappa shape index (κ2) is 19.1. The van der Waals surface area contributed by atoms with Gasteiger partial charge in [0.15, 0.2) is 0 Å². The summed E-state index contributed by atoms with van der Waals surface area (Å²) in [7, 11) is 0. The van der Waals surface area contributed by atoms with Gasteiger partial charge in [-0.25, -0.2) is 0 Å². The monoisotopic (exact) mass is 966 g/mol. The van der Waals surface area contributed by atoms with Gasteiger partial charge in [-0.05, 0) is 148 Å². The highest BCUT2D eigenvalue weighted by Gasteiger charge is 2.29. The van der Waals surface area contributed by atoms with E-state index in [1.165, 1.54) is 76.1 Å². The Morgan fingerprint density at radius 3 is 0.855 bits per heavy atom. The van der Waals surface area contributed by atoms with Gasteiger partial charge in [0.05, 0.1) is 11.4 Å². The molecule has 0 saturated heterocycles. The van der Waals surface area contributed by atoms with Gasteiger partial charge in [-0.2, -0.15) is 0 Å². The highest BCUT2D eigenvalue weighted by Crippen LogP contribution is 2.56. The predicted molar refractivity (Wildman–Crippen MR) is 325 cm³/mol.